The molecule has 1 fully saturated rings. The first-order chi connectivity index (χ1) is 15.0. The zero-order valence-electron chi connectivity index (χ0n) is 17.3. The fourth-order valence-electron chi connectivity index (χ4n) is 3.04. The van der Waals surface area contributed by atoms with Crippen LogP contribution in [-0.2, 0) is 20.2 Å². The average Bonchev–Trinajstić information content (AvgIpc) is 2.68. The van der Waals surface area contributed by atoms with Crippen molar-refractivity contribution in [2.75, 3.05) is 48.4 Å². The first-order valence-corrected chi connectivity index (χ1v) is 12.8. The van der Waals surface area contributed by atoms with Gasteiger partial charge in [-0.05, 0) is 57.2 Å². The van der Waals surface area contributed by atoms with Crippen molar-refractivity contribution in [2.24, 2.45) is 0 Å². The van der Waals surface area contributed by atoms with Gasteiger partial charge in [-0.1, -0.05) is 0 Å². The number of nitrogens with zero attached hydrogens (tertiary/aromatic N) is 4. The molecule has 1 aliphatic rings. The molecule has 1 saturated heterocycles. The quantitative estimate of drug-likeness (QED) is 0.311. The van der Waals surface area contributed by atoms with Crippen LogP contribution in [0.25, 0.3) is 0 Å². The summed E-state index contributed by atoms with van der Waals surface area (Å²) in [6, 6.07) is 5.47. The second-order valence-corrected chi connectivity index (χ2v) is 10.4. The molecular weight excluding hydrogens is 462 g/mol. The van der Waals surface area contributed by atoms with Crippen molar-refractivity contribution in [3.8, 4) is 0 Å². The van der Waals surface area contributed by atoms with Gasteiger partial charge in [0.1, 0.15) is 0 Å². The van der Waals surface area contributed by atoms with Gasteiger partial charge in [0, 0.05) is 18.3 Å². The van der Waals surface area contributed by atoms with Crippen LogP contribution < -0.4 is 16.0 Å². The van der Waals surface area contributed by atoms with Gasteiger partial charge < -0.3 is 20.9 Å². The van der Waals surface area contributed by atoms with Crippen LogP contribution in [0.5, 0.6) is 0 Å². The fraction of sp³-hybridized carbons (Fsp3) is 0.471. The van der Waals surface area contributed by atoms with Crippen LogP contribution in [0.4, 0.5) is 23.5 Å². The highest BCUT2D eigenvalue weighted by molar-refractivity contribution is 7.86. The summed E-state index contributed by atoms with van der Waals surface area (Å²) in [7, 11) is -6.41. The number of piperidine rings is 1. The van der Waals surface area contributed by atoms with Gasteiger partial charge in [0.25, 0.3) is 20.2 Å². The maximum absolute atomic E-state index is 11.2. The minimum absolute atomic E-state index is 0.0936. The Kier molecular flexibility index (Phi) is 7.45. The molecule has 32 heavy (non-hydrogen) atoms. The summed E-state index contributed by atoms with van der Waals surface area (Å²) in [5, 5.41) is 8.91. The third-order valence-electron chi connectivity index (χ3n) is 4.74. The van der Waals surface area contributed by atoms with E-state index in [2.05, 4.69) is 35.8 Å². The molecule has 0 radical (unpaired) electrons. The number of rotatable bonds is 9. The molecular formula is C17H25N7O6S2. The molecule has 5 N–H and O–H groups in total. The third kappa shape index (κ3) is 7.52. The first kappa shape index (κ1) is 24.1. The van der Waals surface area contributed by atoms with E-state index in [0.29, 0.717) is 5.69 Å². The van der Waals surface area contributed by atoms with E-state index in [0.717, 1.165) is 25.9 Å². The highest BCUT2D eigenvalue weighted by atomic mass is 32.2. The molecule has 0 aliphatic carbocycles. The van der Waals surface area contributed by atoms with Crippen molar-refractivity contribution in [3.05, 3.63) is 24.3 Å². The van der Waals surface area contributed by atoms with Gasteiger partial charge in [-0.25, -0.2) is 0 Å². The highest BCUT2D eigenvalue weighted by Crippen LogP contribution is 2.20. The molecule has 0 spiro atoms. The summed E-state index contributed by atoms with van der Waals surface area (Å²) >= 11 is 0. The molecule has 176 valence electrons. The van der Waals surface area contributed by atoms with E-state index in [-0.39, 0.29) is 35.3 Å². The van der Waals surface area contributed by atoms with E-state index in [1.54, 1.807) is 0 Å². The lowest BCUT2D eigenvalue weighted by molar-refractivity contribution is 0.263. The number of hydrogen-bond acceptors (Lipinski definition) is 11. The van der Waals surface area contributed by atoms with Crippen molar-refractivity contribution in [1.29, 1.82) is 0 Å². The normalized spacial score (nSPS) is 16.0. The van der Waals surface area contributed by atoms with Crippen LogP contribution in [-0.4, -0.2) is 84.3 Å². The van der Waals surface area contributed by atoms with Crippen LogP contribution in [0.1, 0.15) is 12.8 Å². The monoisotopic (exact) mass is 487 g/mol. The SMILES string of the molecule is CN1CCC(Nc2nc(NCCS(=O)(=O)O)nc(Nc3ccc(S(=O)(=O)O)cc3)n2)CC1. The fourth-order valence-corrected chi connectivity index (χ4v) is 3.88. The van der Waals surface area contributed by atoms with Gasteiger partial charge in [0.15, 0.2) is 0 Å². The van der Waals surface area contributed by atoms with Crippen LogP contribution >= 0.6 is 0 Å². The zero-order chi connectivity index (χ0) is 23.4. The number of benzene rings is 1. The van der Waals surface area contributed by atoms with Gasteiger partial charge in [-0.15, -0.1) is 0 Å². The number of anilines is 4. The topological polar surface area (TPSA) is 187 Å². The lowest BCUT2D eigenvalue weighted by Crippen LogP contribution is -2.37. The Morgan fingerprint density at radius 1 is 0.969 bits per heavy atom. The number of aromatic nitrogens is 3. The summed E-state index contributed by atoms with van der Waals surface area (Å²) in [6.07, 6.45) is 1.79. The van der Waals surface area contributed by atoms with Crippen LogP contribution in [0.15, 0.2) is 29.2 Å². The predicted molar refractivity (Wildman–Crippen MR) is 118 cm³/mol. The molecule has 1 aliphatic heterocycles. The van der Waals surface area contributed by atoms with Crippen LogP contribution in [0.3, 0.4) is 0 Å². The summed E-state index contributed by atoms with van der Waals surface area (Å²) < 4.78 is 62.3. The van der Waals surface area contributed by atoms with Crippen molar-refractivity contribution in [2.45, 2.75) is 23.8 Å². The second-order valence-electron chi connectivity index (χ2n) is 7.37. The number of likely N-dealkylation sites (tertiary alicyclic amines) is 1. The Hall–Kier alpha value is -2.59. The highest BCUT2D eigenvalue weighted by Gasteiger charge is 2.18. The summed E-state index contributed by atoms with van der Waals surface area (Å²) in [4.78, 5) is 14.8. The molecule has 3 rings (SSSR count). The Bertz CT molecular complexity index is 1130. The van der Waals surface area contributed by atoms with Gasteiger partial charge in [0.05, 0.1) is 10.6 Å². The van der Waals surface area contributed by atoms with E-state index in [1.165, 1.54) is 24.3 Å². The largest absolute Gasteiger partial charge is 0.353 e. The van der Waals surface area contributed by atoms with E-state index in [4.69, 9.17) is 9.11 Å². The molecule has 13 nitrogen and oxygen atoms in total. The molecule has 0 bridgehead atoms. The minimum atomic E-state index is -4.31. The van der Waals surface area contributed by atoms with Crippen LogP contribution in [0, 0.1) is 0 Å². The predicted octanol–water partition coefficient (Wildman–Crippen LogP) is 0.668. The average molecular weight is 488 g/mol. The maximum atomic E-state index is 11.2. The van der Waals surface area contributed by atoms with Gasteiger partial charge >= 0.3 is 0 Å². The van der Waals surface area contributed by atoms with E-state index < -0.39 is 26.0 Å². The third-order valence-corrected chi connectivity index (χ3v) is 6.33. The molecule has 0 saturated carbocycles. The molecule has 1 aromatic heterocycles. The van der Waals surface area contributed by atoms with E-state index >= 15 is 0 Å². The lowest BCUT2D eigenvalue weighted by atomic mass is 10.1. The lowest BCUT2D eigenvalue weighted by Gasteiger charge is -2.29. The Balaban J connectivity index is 1.78. The summed E-state index contributed by atoms with van der Waals surface area (Å²) in [5.41, 5.74) is 0.456. The summed E-state index contributed by atoms with van der Waals surface area (Å²) in [5.74, 6) is -0.0162. The van der Waals surface area contributed by atoms with Crippen molar-refractivity contribution in [3.63, 3.8) is 0 Å². The molecule has 0 amide bonds. The molecule has 1 aromatic carbocycles. The first-order valence-electron chi connectivity index (χ1n) is 9.73. The molecule has 0 atom stereocenters. The zero-order valence-corrected chi connectivity index (χ0v) is 18.9. The van der Waals surface area contributed by atoms with Crippen molar-refractivity contribution >= 4 is 43.8 Å². The summed E-state index contributed by atoms with van der Waals surface area (Å²) in [6.45, 7) is 1.74. The molecule has 0 unspecified atom stereocenters. The second kappa shape index (κ2) is 9.91. The van der Waals surface area contributed by atoms with Crippen molar-refractivity contribution in [1.82, 2.24) is 19.9 Å². The standard InChI is InChI=1S/C17H25N7O6S2/c1-24-9-6-13(7-10-24)20-17-22-15(18-8-11-31(25,26)27)21-16(23-17)19-12-2-4-14(5-3-12)32(28,29)30/h2-5,13H,6-11H2,1H3,(H,25,26,27)(H,28,29,30)(H3,18,19,20,21,22,23). The number of nitrogens with one attached hydrogen (secondary N) is 3. The van der Waals surface area contributed by atoms with E-state index in [9.17, 15) is 16.8 Å². The van der Waals surface area contributed by atoms with E-state index in [1.807, 2.05) is 7.05 Å². The van der Waals surface area contributed by atoms with Gasteiger partial charge in [0.2, 0.25) is 17.8 Å². The Morgan fingerprint density at radius 3 is 2.16 bits per heavy atom. The van der Waals surface area contributed by atoms with Gasteiger partial charge in [-0.2, -0.15) is 31.8 Å². The Labute approximate surface area is 186 Å². The minimum Gasteiger partial charge on any atom is -0.353 e. The molecule has 2 heterocycles. The van der Waals surface area contributed by atoms with Gasteiger partial charge in [-0.3, -0.25) is 9.11 Å². The van der Waals surface area contributed by atoms with Crippen molar-refractivity contribution < 1.29 is 25.9 Å². The van der Waals surface area contributed by atoms with Crippen LogP contribution in [0.2, 0.25) is 0 Å². The molecule has 15 heteroatoms. The number of hydrogen-bond donors (Lipinski definition) is 5. The maximum Gasteiger partial charge on any atom is 0.294 e. The smallest absolute Gasteiger partial charge is 0.294 e. The Morgan fingerprint density at radius 2 is 1.56 bits per heavy atom. The molecule has 2 aromatic rings.